The lowest BCUT2D eigenvalue weighted by Gasteiger charge is -2.17. The number of carbonyl (C=O) groups excluding carboxylic acids is 1. The van der Waals surface area contributed by atoms with Crippen molar-refractivity contribution in [3.63, 3.8) is 0 Å². The number of nitrogens with one attached hydrogen (secondary N) is 1. The maximum Gasteiger partial charge on any atom is 0.240 e. The van der Waals surface area contributed by atoms with Crippen molar-refractivity contribution in [2.24, 2.45) is 0 Å². The van der Waals surface area contributed by atoms with Crippen molar-refractivity contribution in [2.75, 3.05) is 18.9 Å². The first-order chi connectivity index (χ1) is 11.7. The summed E-state index contributed by atoms with van der Waals surface area (Å²) in [5.41, 5.74) is 1.26. The third-order valence-electron chi connectivity index (χ3n) is 3.41. The number of pyridine rings is 1. The fraction of sp³-hybridized carbons (Fsp3) is 0.250. The van der Waals surface area contributed by atoms with Crippen LogP contribution in [0, 0.1) is 6.92 Å². The smallest absolute Gasteiger partial charge is 0.240 e. The van der Waals surface area contributed by atoms with E-state index >= 15 is 0 Å². The number of anilines is 1. The Morgan fingerprint density at radius 3 is 2.40 bits per heavy atom. The first-order valence-corrected chi connectivity index (χ1v) is 9.65. The number of sulfonamides is 1. The summed E-state index contributed by atoms with van der Waals surface area (Å²) in [6.07, 6.45) is 1.61. The summed E-state index contributed by atoms with van der Waals surface area (Å²) < 4.78 is 25.9. The minimum atomic E-state index is -3.77. The zero-order valence-electron chi connectivity index (χ0n) is 13.7. The van der Waals surface area contributed by atoms with Crippen molar-refractivity contribution < 1.29 is 13.2 Å². The number of nitrogens with zero attached hydrogens (tertiary/aromatic N) is 2. The molecule has 2 rings (SSSR count). The normalized spacial score (nSPS) is 11.6. The molecule has 25 heavy (non-hydrogen) atoms. The molecule has 1 amide bonds. The molecule has 0 atom stereocenters. The van der Waals surface area contributed by atoms with E-state index in [1.54, 1.807) is 36.5 Å². The van der Waals surface area contributed by atoms with Crippen molar-refractivity contribution in [2.45, 2.75) is 12.7 Å². The van der Waals surface area contributed by atoms with Crippen LogP contribution in [-0.2, 0) is 20.6 Å². The van der Waals surface area contributed by atoms with Gasteiger partial charge in [-0.05, 0) is 30.7 Å². The van der Waals surface area contributed by atoms with E-state index in [1.165, 1.54) is 7.05 Å². The molecule has 0 aliphatic carbocycles. The van der Waals surface area contributed by atoms with E-state index in [0.29, 0.717) is 11.4 Å². The van der Waals surface area contributed by atoms with E-state index in [0.717, 1.165) is 9.87 Å². The second-order valence-corrected chi connectivity index (χ2v) is 8.37. The Hall–Kier alpha value is -1.67. The van der Waals surface area contributed by atoms with E-state index in [9.17, 15) is 13.2 Å². The summed E-state index contributed by atoms with van der Waals surface area (Å²) in [4.78, 5) is 16.1. The Morgan fingerprint density at radius 1 is 1.20 bits per heavy atom. The molecular weight excluding hydrogens is 385 g/mol. The van der Waals surface area contributed by atoms with Gasteiger partial charge in [0.15, 0.2) is 0 Å². The Kier molecular flexibility index (Phi) is 6.40. The van der Waals surface area contributed by atoms with Crippen LogP contribution >= 0.6 is 23.2 Å². The summed E-state index contributed by atoms with van der Waals surface area (Å²) in [6.45, 7) is 1.53. The lowest BCUT2D eigenvalue weighted by Crippen LogP contribution is -2.35. The third kappa shape index (κ3) is 5.40. The van der Waals surface area contributed by atoms with Gasteiger partial charge in [0, 0.05) is 28.9 Å². The maximum absolute atomic E-state index is 12.4. The minimum Gasteiger partial charge on any atom is -0.310 e. The first kappa shape index (κ1) is 19.7. The van der Waals surface area contributed by atoms with Crippen molar-refractivity contribution >= 4 is 45.0 Å². The fourth-order valence-electron chi connectivity index (χ4n) is 1.99. The molecular formula is C16H17Cl2N3O3S. The molecule has 0 saturated heterocycles. The average Bonchev–Trinajstić information content (AvgIpc) is 2.53. The van der Waals surface area contributed by atoms with Gasteiger partial charge in [0.25, 0.3) is 0 Å². The van der Waals surface area contributed by atoms with E-state index in [2.05, 4.69) is 10.3 Å². The summed E-state index contributed by atoms with van der Waals surface area (Å²) in [7, 11) is -2.45. The van der Waals surface area contributed by atoms with Crippen LogP contribution in [-0.4, -0.2) is 37.2 Å². The number of benzene rings is 1. The van der Waals surface area contributed by atoms with Crippen molar-refractivity contribution in [3.8, 4) is 0 Å². The molecule has 1 aromatic carbocycles. The van der Waals surface area contributed by atoms with E-state index in [-0.39, 0.29) is 16.6 Å². The van der Waals surface area contributed by atoms with Gasteiger partial charge in [-0.1, -0.05) is 35.3 Å². The van der Waals surface area contributed by atoms with Gasteiger partial charge in [0.2, 0.25) is 15.9 Å². The molecule has 9 heteroatoms. The Morgan fingerprint density at radius 2 is 1.84 bits per heavy atom. The molecule has 0 aliphatic rings. The highest BCUT2D eigenvalue weighted by molar-refractivity contribution is 7.88. The van der Waals surface area contributed by atoms with Crippen LogP contribution in [0.2, 0.25) is 10.0 Å². The third-order valence-corrected chi connectivity index (χ3v) is 5.85. The van der Waals surface area contributed by atoms with E-state index < -0.39 is 21.7 Å². The van der Waals surface area contributed by atoms with Crippen molar-refractivity contribution in [1.29, 1.82) is 0 Å². The molecule has 0 spiro atoms. The molecule has 0 radical (unpaired) electrons. The topological polar surface area (TPSA) is 79.4 Å². The molecule has 0 bridgehead atoms. The number of amides is 1. The van der Waals surface area contributed by atoms with Gasteiger partial charge in [-0.25, -0.2) is 13.4 Å². The van der Waals surface area contributed by atoms with E-state index in [1.807, 2.05) is 6.92 Å². The maximum atomic E-state index is 12.4. The standard InChI is InChI=1S/C16H17Cl2N3O3S/c1-11-6-7-15(19-8-11)20-16(22)9-21(2)25(23,24)10-12-13(17)4-3-5-14(12)18/h3-8H,9-10H2,1-2H3,(H,19,20,22). The summed E-state index contributed by atoms with van der Waals surface area (Å²) in [6, 6.07) is 8.20. The van der Waals surface area contributed by atoms with Crippen LogP contribution in [0.3, 0.4) is 0 Å². The molecule has 134 valence electrons. The lowest BCUT2D eigenvalue weighted by atomic mass is 10.2. The predicted octanol–water partition coefficient (Wildman–Crippen LogP) is 3.10. The Bertz CT molecular complexity index is 850. The molecule has 0 fully saturated rings. The van der Waals surface area contributed by atoms with Gasteiger partial charge >= 0.3 is 0 Å². The highest BCUT2D eigenvalue weighted by atomic mass is 35.5. The monoisotopic (exact) mass is 401 g/mol. The second-order valence-electron chi connectivity index (χ2n) is 5.48. The van der Waals surface area contributed by atoms with Crippen LogP contribution in [0.4, 0.5) is 5.82 Å². The van der Waals surface area contributed by atoms with Gasteiger partial charge in [-0.15, -0.1) is 0 Å². The number of hydrogen-bond donors (Lipinski definition) is 1. The van der Waals surface area contributed by atoms with Crippen LogP contribution in [0.5, 0.6) is 0 Å². The number of aromatic nitrogens is 1. The van der Waals surface area contributed by atoms with Gasteiger partial charge < -0.3 is 5.32 Å². The molecule has 1 N–H and O–H groups in total. The molecule has 0 saturated carbocycles. The van der Waals surface area contributed by atoms with E-state index in [4.69, 9.17) is 23.2 Å². The summed E-state index contributed by atoms with van der Waals surface area (Å²) in [5, 5.41) is 3.07. The predicted molar refractivity (Wildman–Crippen MR) is 99.3 cm³/mol. The van der Waals surface area contributed by atoms with Gasteiger partial charge in [-0.2, -0.15) is 4.31 Å². The number of hydrogen-bond acceptors (Lipinski definition) is 4. The van der Waals surface area contributed by atoms with Crippen molar-refractivity contribution in [3.05, 3.63) is 57.7 Å². The average molecular weight is 402 g/mol. The Labute approximate surface area is 156 Å². The quantitative estimate of drug-likeness (QED) is 0.806. The fourth-order valence-corrected chi connectivity index (χ4v) is 3.89. The lowest BCUT2D eigenvalue weighted by molar-refractivity contribution is -0.116. The number of rotatable bonds is 6. The molecule has 0 unspecified atom stereocenters. The zero-order chi connectivity index (χ0) is 18.6. The second kappa shape index (κ2) is 8.14. The van der Waals surface area contributed by atoms with Gasteiger partial charge in [0.1, 0.15) is 5.82 Å². The largest absolute Gasteiger partial charge is 0.310 e. The number of aryl methyl sites for hydroxylation is 1. The van der Waals surface area contributed by atoms with Crippen LogP contribution in [0.15, 0.2) is 36.5 Å². The SMILES string of the molecule is Cc1ccc(NC(=O)CN(C)S(=O)(=O)Cc2c(Cl)cccc2Cl)nc1. The van der Waals surface area contributed by atoms with Crippen LogP contribution < -0.4 is 5.32 Å². The molecule has 2 aromatic rings. The highest BCUT2D eigenvalue weighted by Crippen LogP contribution is 2.26. The molecule has 0 aliphatic heterocycles. The summed E-state index contributed by atoms with van der Waals surface area (Å²) >= 11 is 12.0. The first-order valence-electron chi connectivity index (χ1n) is 7.28. The number of halogens is 2. The van der Waals surface area contributed by atoms with Crippen LogP contribution in [0.1, 0.15) is 11.1 Å². The number of carbonyl (C=O) groups is 1. The number of likely N-dealkylation sites (N-methyl/N-ethyl adjacent to an activating group) is 1. The highest BCUT2D eigenvalue weighted by Gasteiger charge is 2.23. The summed E-state index contributed by atoms with van der Waals surface area (Å²) in [5.74, 6) is -0.527. The molecule has 1 heterocycles. The molecule has 1 aromatic heterocycles. The Balaban J connectivity index is 2.04. The van der Waals surface area contributed by atoms with Crippen molar-refractivity contribution in [1.82, 2.24) is 9.29 Å². The van der Waals surface area contributed by atoms with Gasteiger partial charge in [-0.3, -0.25) is 4.79 Å². The zero-order valence-corrected chi connectivity index (χ0v) is 16.0. The van der Waals surface area contributed by atoms with Gasteiger partial charge in [0.05, 0.1) is 12.3 Å². The van der Waals surface area contributed by atoms with Crippen LogP contribution in [0.25, 0.3) is 0 Å². The molecule has 6 nitrogen and oxygen atoms in total. The minimum absolute atomic E-state index is 0.262.